The first-order valence-electron chi connectivity index (χ1n) is 6.13. The molecule has 17 heavy (non-hydrogen) atoms. The van der Waals surface area contributed by atoms with Crippen molar-refractivity contribution in [2.75, 3.05) is 19.3 Å². The van der Waals surface area contributed by atoms with E-state index in [9.17, 15) is 0 Å². The first-order chi connectivity index (χ1) is 8.06. The van der Waals surface area contributed by atoms with E-state index in [0.29, 0.717) is 11.5 Å². The van der Waals surface area contributed by atoms with E-state index in [2.05, 4.69) is 43.6 Å². The predicted molar refractivity (Wildman–Crippen MR) is 78.0 cm³/mol. The number of thiol groups is 1. The first-order valence-corrected chi connectivity index (χ1v) is 7.14. The Morgan fingerprint density at radius 3 is 2.41 bits per heavy atom. The van der Waals surface area contributed by atoms with Crippen LogP contribution in [0.1, 0.15) is 31.4 Å². The molecule has 1 unspecified atom stereocenters. The third-order valence-corrected chi connectivity index (χ3v) is 4.81. The van der Waals surface area contributed by atoms with E-state index in [1.54, 1.807) is 0 Å². The highest BCUT2D eigenvalue weighted by atomic mass is 35.5. The maximum atomic E-state index is 5.91. The summed E-state index contributed by atoms with van der Waals surface area (Å²) in [6.45, 7) is 3.39. The topological polar surface area (TPSA) is 3.24 Å². The summed E-state index contributed by atoms with van der Waals surface area (Å²) < 4.78 is 0. The second-order valence-corrected chi connectivity index (χ2v) is 6.05. The number of benzene rings is 1. The Kier molecular flexibility index (Phi) is 4.06. The zero-order chi connectivity index (χ0) is 12.5. The second-order valence-electron chi connectivity index (χ2n) is 5.30. The molecule has 1 aromatic carbocycles. The highest BCUT2D eigenvalue weighted by molar-refractivity contribution is 7.80. The normalized spacial score (nSPS) is 19.4. The van der Waals surface area contributed by atoms with Crippen molar-refractivity contribution < 1.29 is 0 Å². The van der Waals surface area contributed by atoms with Crippen LogP contribution in [0.4, 0.5) is 0 Å². The predicted octanol–water partition coefficient (Wildman–Crippen LogP) is 4.04. The van der Waals surface area contributed by atoms with E-state index in [4.69, 9.17) is 11.6 Å². The Morgan fingerprint density at radius 2 is 1.94 bits per heavy atom. The van der Waals surface area contributed by atoms with Gasteiger partial charge in [-0.1, -0.05) is 23.7 Å². The summed E-state index contributed by atoms with van der Waals surface area (Å²) in [5, 5.41) is 0.803. The number of hydrogen-bond acceptors (Lipinski definition) is 2. The molecule has 0 bridgehead atoms. The van der Waals surface area contributed by atoms with Gasteiger partial charge in [-0.3, -0.25) is 4.90 Å². The molecule has 2 rings (SSSR count). The van der Waals surface area contributed by atoms with Crippen LogP contribution in [0.5, 0.6) is 0 Å². The molecule has 1 fully saturated rings. The van der Waals surface area contributed by atoms with E-state index in [1.807, 2.05) is 12.1 Å². The lowest BCUT2D eigenvalue weighted by Crippen LogP contribution is -2.30. The van der Waals surface area contributed by atoms with Crippen molar-refractivity contribution >= 4 is 24.2 Å². The first kappa shape index (κ1) is 13.3. The Bertz CT molecular complexity index is 372. The van der Waals surface area contributed by atoms with Crippen molar-refractivity contribution in [1.82, 2.24) is 4.90 Å². The number of hydrogen-bond donors (Lipinski definition) is 1. The van der Waals surface area contributed by atoms with Gasteiger partial charge < -0.3 is 0 Å². The fourth-order valence-electron chi connectivity index (χ4n) is 2.20. The number of nitrogens with zero attached hydrogens (tertiary/aromatic N) is 1. The van der Waals surface area contributed by atoms with Crippen LogP contribution in [0.3, 0.4) is 0 Å². The summed E-state index contributed by atoms with van der Waals surface area (Å²) >= 11 is 10.4. The van der Waals surface area contributed by atoms with Crippen LogP contribution in [0.2, 0.25) is 5.02 Å². The summed E-state index contributed by atoms with van der Waals surface area (Å²) in [5.41, 5.74) is 1.81. The minimum absolute atomic E-state index is 0.435. The zero-order valence-corrected chi connectivity index (χ0v) is 12.1. The minimum atomic E-state index is 0.435. The Hall–Kier alpha value is -0.180. The van der Waals surface area contributed by atoms with Gasteiger partial charge in [0, 0.05) is 17.6 Å². The van der Waals surface area contributed by atoms with E-state index in [0.717, 1.165) is 17.3 Å². The molecular formula is C14H20ClNS. The fraction of sp³-hybridized carbons (Fsp3) is 0.571. The summed E-state index contributed by atoms with van der Waals surface area (Å²) in [4.78, 5) is 2.42. The molecular weight excluding hydrogens is 250 g/mol. The molecule has 0 heterocycles. The molecule has 1 saturated carbocycles. The largest absolute Gasteiger partial charge is 0.299 e. The van der Waals surface area contributed by atoms with Crippen molar-refractivity contribution in [2.45, 2.75) is 25.8 Å². The van der Waals surface area contributed by atoms with Crippen LogP contribution in [-0.2, 0) is 0 Å². The van der Waals surface area contributed by atoms with Crippen LogP contribution >= 0.6 is 24.2 Å². The van der Waals surface area contributed by atoms with Gasteiger partial charge in [-0.15, -0.1) is 0 Å². The van der Waals surface area contributed by atoms with Crippen molar-refractivity contribution in [3.63, 3.8) is 0 Å². The third-order valence-electron chi connectivity index (χ3n) is 3.89. The Balaban J connectivity index is 1.99. The van der Waals surface area contributed by atoms with Crippen LogP contribution < -0.4 is 0 Å². The molecule has 94 valence electrons. The van der Waals surface area contributed by atoms with Crippen molar-refractivity contribution in [2.24, 2.45) is 5.41 Å². The minimum Gasteiger partial charge on any atom is -0.299 e. The molecule has 0 saturated heterocycles. The smallest absolute Gasteiger partial charge is 0.0406 e. The maximum Gasteiger partial charge on any atom is 0.0406 e. The fourth-order valence-corrected chi connectivity index (χ4v) is 2.75. The van der Waals surface area contributed by atoms with E-state index >= 15 is 0 Å². The van der Waals surface area contributed by atoms with Crippen molar-refractivity contribution in [1.29, 1.82) is 0 Å². The van der Waals surface area contributed by atoms with Gasteiger partial charge >= 0.3 is 0 Å². The Labute approximate surface area is 115 Å². The van der Waals surface area contributed by atoms with Crippen molar-refractivity contribution in [3.8, 4) is 0 Å². The number of halogens is 1. The zero-order valence-electron chi connectivity index (χ0n) is 10.5. The van der Waals surface area contributed by atoms with Gasteiger partial charge in [0.25, 0.3) is 0 Å². The van der Waals surface area contributed by atoms with Crippen LogP contribution in [-0.4, -0.2) is 24.2 Å². The molecule has 0 radical (unpaired) electrons. The van der Waals surface area contributed by atoms with Gasteiger partial charge in [0.05, 0.1) is 0 Å². The maximum absolute atomic E-state index is 5.91. The number of rotatable bonds is 5. The van der Waals surface area contributed by atoms with E-state index < -0.39 is 0 Å². The second kappa shape index (κ2) is 5.21. The molecule has 1 aliphatic rings. The summed E-state index contributed by atoms with van der Waals surface area (Å²) in [6, 6.07) is 8.59. The molecule has 1 aromatic rings. The SMILES string of the molecule is CC(c1ccc(Cl)cc1)N(C)CC1(CS)CC1. The molecule has 0 aliphatic heterocycles. The molecule has 3 heteroatoms. The molecule has 0 spiro atoms. The van der Waals surface area contributed by atoms with Gasteiger partial charge in [0.1, 0.15) is 0 Å². The lowest BCUT2D eigenvalue weighted by molar-refractivity contribution is 0.219. The van der Waals surface area contributed by atoms with Gasteiger partial charge in [-0.05, 0) is 55.7 Å². The monoisotopic (exact) mass is 269 g/mol. The van der Waals surface area contributed by atoms with E-state index in [-0.39, 0.29) is 0 Å². The van der Waals surface area contributed by atoms with E-state index in [1.165, 1.54) is 18.4 Å². The molecule has 1 nitrogen and oxygen atoms in total. The van der Waals surface area contributed by atoms with Crippen molar-refractivity contribution in [3.05, 3.63) is 34.9 Å². The van der Waals surface area contributed by atoms with Crippen LogP contribution in [0.25, 0.3) is 0 Å². The van der Waals surface area contributed by atoms with Gasteiger partial charge in [0.15, 0.2) is 0 Å². The summed E-state index contributed by atoms with van der Waals surface area (Å²) in [6.07, 6.45) is 2.66. The highest BCUT2D eigenvalue weighted by Gasteiger charge is 2.42. The summed E-state index contributed by atoms with van der Waals surface area (Å²) in [7, 11) is 2.20. The quantitative estimate of drug-likeness (QED) is 0.790. The lowest BCUT2D eigenvalue weighted by Gasteiger charge is -2.28. The third kappa shape index (κ3) is 3.18. The van der Waals surface area contributed by atoms with Gasteiger partial charge in [-0.2, -0.15) is 12.6 Å². The van der Waals surface area contributed by atoms with Crippen LogP contribution in [0, 0.1) is 5.41 Å². The lowest BCUT2D eigenvalue weighted by atomic mass is 10.0. The Morgan fingerprint density at radius 1 is 1.35 bits per heavy atom. The summed E-state index contributed by atoms with van der Waals surface area (Å²) in [5.74, 6) is 1.00. The average Bonchev–Trinajstić information content (AvgIpc) is 3.09. The average molecular weight is 270 g/mol. The standard InChI is InChI=1S/C14H20ClNS/c1-11(12-3-5-13(15)6-4-12)16(2)9-14(10-17)7-8-14/h3-6,11,17H,7-10H2,1-2H3. The van der Waals surface area contributed by atoms with Gasteiger partial charge in [-0.25, -0.2) is 0 Å². The highest BCUT2D eigenvalue weighted by Crippen LogP contribution is 2.47. The molecule has 1 aliphatic carbocycles. The van der Waals surface area contributed by atoms with Gasteiger partial charge in [0.2, 0.25) is 0 Å². The van der Waals surface area contributed by atoms with Crippen LogP contribution in [0.15, 0.2) is 24.3 Å². The molecule has 0 aromatic heterocycles. The molecule has 1 atom stereocenters. The molecule has 0 amide bonds. The molecule has 0 N–H and O–H groups in total.